The molecule has 6 heteroatoms. The van der Waals surface area contributed by atoms with Crippen molar-refractivity contribution in [1.82, 2.24) is 4.90 Å². The van der Waals surface area contributed by atoms with Gasteiger partial charge < -0.3 is 14.7 Å². The molecular weight excluding hydrogens is 342 g/mol. The lowest BCUT2D eigenvalue weighted by atomic mass is 10.1. The van der Waals surface area contributed by atoms with Crippen molar-refractivity contribution >= 4 is 23.5 Å². The molecule has 1 atom stereocenters. The molecule has 0 bridgehead atoms. The highest BCUT2D eigenvalue weighted by atomic mass is 35.5. The van der Waals surface area contributed by atoms with Crippen LogP contribution in [0.3, 0.4) is 0 Å². The molecule has 2 aromatic carbocycles. The molecule has 1 heterocycles. The van der Waals surface area contributed by atoms with Crippen molar-refractivity contribution in [3.05, 3.63) is 64.7 Å². The van der Waals surface area contributed by atoms with Crippen molar-refractivity contribution in [3.8, 4) is 5.75 Å². The summed E-state index contributed by atoms with van der Waals surface area (Å²) in [7, 11) is 0. The average molecular weight is 360 g/mol. The van der Waals surface area contributed by atoms with E-state index in [4.69, 9.17) is 21.4 Å². The Morgan fingerprint density at radius 2 is 1.96 bits per heavy atom. The van der Waals surface area contributed by atoms with E-state index in [1.54, 1.807) is 4.90 Å². The number of ether oxygens (including phenoxy) is 1. The third-order valence-corrected chi connectivity index (χ3v) is 4.37. The summed E-state index contributed by atoms with van der Waals surface area (Å²) < 4.78 is 5.78. The highest BCUT2D eigenvalue weighted by Gasteiger charge is 2.34. The van der Waals surface area contributed by atoms with E-state index in [1.807, 2.05) is 48.5 Å². The highest BCUT2D eigenvalue weighted by molar-refractivity contribution is 6.30. The zero-order valence-corrected chi connectivity index (χ0v) is 14.3. The van der Waals surface area contributed by atoms with Crippen molar-refractivity contribution in [1.29, 1.82) is 0 Å². The standard InChI is InChI=1S/C19H18ClNO4/c20-16-5-1-4-14(7-16)12-25-17-6-2-3-13(8-17)10-21-11-15(19(23)24)9-18(21)22/h1-8,15H,9-12H2,(H,23,24). The fraction of sp³-hybridized carbons (Fsp3) is 0.263. The summed E-state index contributed by atoms with van der Waals surface area (Å²) in [5.74, 6) is -0.972. The number of benzene rings is 2. The van der Waals surface area contributed by atoms with E-state index < -0.39 is 11.9 Å². The van der Waals surface area contributed by atoms with Gasteiger partial charge in [-0.15, -0.1) is 0 Å². The molecule has 0 saturated carbocycles. The first-order valence-corrected chi connectivity index (χ1v) is 8.36. The summed E-state index contributed by atoms with van der Waals surface area (Å²) in [6, 6.07) is 14.9. The number of amides is 1. The van der Waals surface area contributed by atoms with Crippen LogP contribution in [0.2, 0.25) is 5.02 Å². The van der Waals surface area contributed by atoms with Crippen LogP contribution in [-0.4, -0.2) is 28.4 Å². The van der Waals surface area contributed by atoms with Crippen molar-refractivity contribution in [2.45, 2.75) is 19.6 Å². The molecule has 0 radical (unpaired) electrons. The van der Waals surface area contributed by atoms with Crippen molar-refractivity contribution < 1.29 is 19.4 Å². The molecular formula is C19H18ClNO4. The van der Waals surface area contributed by atoms with Crippen LogP contribution in [0, 0.1) is 5.92 Å². The van der Waals surface area contributed by atoms with E-state index >= 15 is 0 Å². The van der Waals surface area contributed by atoms with Gasteiger partial charge in [0.15, 0.2) is 0 Å². The molecule has 1 unspecified atom stereocenters. The van der Waals surface area contributed by atoms with Gasteiger partial charge in [0.25, 0.3) is 0 Å². The molecule has 0 aromatic heterocycles. The summed E-state index contributed by atoms with van der Waals surface area (Å²) in [6.07, 6.45) is 0.0697. The Labute approximate surface area is 150 Å². The normalized spacial score (nSPS) is 16.9. The number of carbonyl (C=O) groups excluding carboxylic acids is 1. The Bertz CT molecular complexity index is 792. The quantitative estimate of drug-likeness (QED) is 0.858. The van der Waals surface area contributed by atoms with Crippen LogP contribution in [0.25, 0.3) is 0 Å². The second kappa shape index (κ2) is 7.57. The smallest absolute Gasteiger partial charge is 0.308 e. The first-order chi connectivity index (χ1) is 12.0. The van der Waals surface area contributed by atoms with Gasteiger partial charge >= 0.3 is 5.97 Å². The van der Waals surface area contributed by atoms with Crippen molar-refractivity contribution in [3.63, 3.8) is 0 Å². The van der Waals surface area contributed by atoms with Gasteiger partial charge in [-0.1, -0.05) is 35.9 Å². The fourth-order valence-corrected chi connectivity index (χ4v) is 3.05. The predicted molar refractivity (Wildman–Crippen MR) is 93.4 cm³/mol. The minimum atomic E-state index is -0.922. The highest BCUT2D eigenvalue weighted by Crippen LogP contribution is 2.22. The van der Waals surface area contributed by atoms with E-state index in [2.05, 4.69) is 0 Å². The summed E-state index contributed by atoms with van der Waals surface area (Å²) in [6.45, 7) is 1.03. The molecule has 2 aromatic rings. The Balaban J connectivity index is 1.62. The Morgan fingerprint density at radius 1 is 1.20 bits per heavy atom. The topological polar surface area (TPSA) is 66.8 Å². The van der Waals surface area contributed by atoms with Crippen molar-refractivity contribution in [2.24, 2.45) is 5.92 Å². The molecule has 5 nitrogen and oxygen atoms in total. The SMILES string of the molecule is O=C(O)C1CC(=O)N(Cc2cccc(OCc3cccc(Cl)c3)c2)C1. The van der Waals surface area contributed by atoms with E-state index in [-0.39, 0.29) is 18.9 Å². The molecule has 1 fully saturated rings. The molecule has 0 spiro atoms. The number of carboxylic acid groups (broad SMARTS) is 1. The monoisotopic (exact) mass is 359 g/mol. The van der Waals surface area contributed by atoms with Gasteiger partial charge in [-0.2, -0.15) is 0 Å². The van der Waals surface area contributed by atoms with Crippen LogP contribution in [-0.2, 0) is 22.7 Å². The van der Waals surface area contributed by atoms with Crippen LogP contribution >= 0.6 is 11.6 Å². The maximum Gasteiger partial charge on any atom is 0.308 e. The Hall–Kier alpha value is -2.53. The number of carbonyl (C=O) groups is 2. The molecule has 0 aliphatic carbocycles. The third-order valence-electron chi connectivity index (χ3n) is 4.13. The average Bonchev–Trinajstić information content (AvgIpc) is 2.95. The molecule has 1 aliphatic heterocycles. The molecule has 25 heavy (non-hydrogen) atoms. The molecule has 1 N–H and O–H groups in total. The van der Waals surface area contributed by atoms with Crippen LogP contribution in [0.5, 0.6) is 5.75 Å². The van der Waals surface area contributed by atoms with Gasteiger partial charge in [0.2, 0.25) is 5.91 Å². The minimum absolute atomic E-state index is 0.0697. The maximum absolute atomic E-state index is 11.9. The molecule has 1 amide bonds. The van der Waals surface area contributed by atoms with E-state index in [1.165, 1.54) is 0 Å². The third kappa shape index (κ3) is 4.51. The lowest BCUT2D eigenvalue weighted by molar-refractivity contribution is -0.141. The van der Waals surface area contributed by atoms with Crippen LogP contribution in [0.1, 0.15) is 17.5 Å². The van der Waals surface area contributed by atoms with Gasteiger partial charge in [-0.3, -0.25) is 9.59 Å². The Morgan fingerprint density at radius 3 is 2.68 bits per heavy atom. The first kappa shape index (κ1) is 17.3. The second-order valence-corrected chi connectivity index (χ2v) is 6.52. The predicted octanol–water partition coefficient (Wildman–Crippen LogP) is 3.35. The summed E-state index contributed by atoms with van der Waals surface area (Å²) >= 11 is 5.96. The molecule has 3 rings (SSSR count). The Kier molecular flexibility index (Phi) is 5.24. The van der Waals surface area contributed by atoms with Gasteiger partial charge in [0.1, 0.15) is 12.4 Å². The lowest BCUT2D eigenvalue weighted by Gasteiger charge is -2.16. The van der Waals surface area contributed by atoms with E-state index in [0.717, 1.165) is 11.1 Å². The number of halogens is 1. The number of likely N-dealkylation sites (tertiary alicyclic amines) is 1. The van der Waals surface area contributed by atoms with Gasteiger partial charge in [-0.25, -0.2) is 0 Å². The second-order valence-electron chi connectivity index (χ2n) is 6.08. The minimum Gasteiger partial charge on any atom is -0.489 e. The molecule has 1 saturated heterocycles. The maximum atomic E-state index is 11.9. The number of hydrogen-bond donors (Lipinski definition) is 1. The fourth-order valence-electron chi connectivity index (χ4n) is 2.84. The number of nitrogens with zero attached hydrogens (tertiary/aromatic N) is 1. The van der Waals surface area contributed by atoms with E-state index in [0.29, 0.717) is 23.9 Å². The zero-order chi connectivity index (χ0) is 17.8. The number of hydrogen-bond acceptors (Lipinski definition) is 3. The number of aliphatic carboxylic acids is 1. The summed E-state index contributed by atoms with van der Waals surface area (Å²) in [4.78, 5) is 24.6. The van der Waals surface area contributed by atoms with E-state index in [9.17, 15) is 9.59 Å². The number of carboxylic acids is 1. The molecule has 130 valence electrons. The molecule has 1 aliphatic rings. The van der Waals surface area contributed by atoms with Crippen LogP contribution in [0.4, 0.5) is 0 Å². The van der Waals surface area contributed by atoms with Gasteiger partial charge in [-0.05, 0) is 35.4 Å². The largest absolute Gasteiger partial charge is 0.489 e. The first-order valence-electron chi connectivity index (χ1n) is 7.98. The van der Waals surface area contributed by atoms with Gasteiger partial charge in [0.05, 0.1) is 5.92 Å². The number of rotatable bonds is 6. The van der Waals surface area contributed by atoms with Crippen LogP contribution < -0.4 is 4.74 Å². The van der Waals surface area contributed by atoms with Crippen LogP contribution in [0.15, 0.2) is 48.5 Å². The zero-order valence-electron chi connectivity index (χ0n) is 13.5. The lowest BCUT2D eigenvalue weighted by Crippen LogP contribution is -2.25. The van der Waals surface area contributed by atoms with Gasteiger partial charge in [0, 0.05) is 24.5 Å². The summed E-state index contributed by atoms with van der Waals surface area (Å²) in [5, 5.41) is 9.71. The summed E-state index contributed by atoms with van der Waals surface area (Å²) in [5.41, 5.74) is 1.87. The van der Waals surface area contributed by atoms with Crippen molar-refractivity contribution in [2.75, 3.05) is 6.54 Å².